The first-order valence-electron chi connectivity index (χ1n) is 21.6. The van der Waals surface area contributed by atoms with E-state index in [-0.39, 0.29) is 0 Å². The first-order valence-corrected chi connectivity index (χ1v) is 23.0. The smallest absolute Gasteiger partial charge is 0.386 e. The molecule has 0 aliphatic heterocycles. The van der Waals surface area contributed by atoms with E-state index in [1.165, 1.54) is 132 Å². The predicted octanol–water partition coefficient (Wildman–Crippen LogP) is 15.9. The fraction of sp³-hybridized carbons (Fsp3) is 0.625. The molecule has 3 rings (SSSR count). The second kappa shape index (κ2) is 26.2. The van der Waals surface area contributed by atoms with Gasteiger partial charge in [-0.25, -0.2) is 0 Å². The van der Waals surface area contributed by atoms with Crippen molar-refractivity contribution >= 4 is 7.82 Å². The Hall–Kier alpha value is -2.71. The zero-order chi connectivity index (χ0) is 38.2. The minimum absolute atomic E-state index is 0.473. The van der Waals surface area contributed by atoms with Gasteiger partial charge in [0.05, 0.1) is 0 Å². The molecule has 0 amide bonds. The third-order valence-electron chi connectivity index (χ3n) is 10.2. The van der Waals surface area contributed by atoms with Gasteiger partial charge in [-0.2, -0.15) is 4.57 Å². The Labute approximate surface area is 325 Å². The lowest BCUT2D eigenvalue weighted by molar-refractivity contribution is 0.298. The topological polar surface area (TPSA) is 44.8 Å². The van der Waals surface area contributed by atoms with Gasteiger partial charge in [-0.3, -0.25) is 0 Å². The van der Waals surface area contributed by atoms with Crippen molar-refractivity contribution in [1.29, 1.82) is 0 Å². The summed E-state index contributed by atoms with van der Waals surface area (Å²) in [6.45, 7) is 13.8. The molecule has 0 N–H and O–H groups in total. The summed E-state index contributed by atoms with van der Waals surface area (Å²) in [5, 5.41) is 0. The van der Waals surface area contributed by atoms with Crippen LogP contribution in [0.25, 0.3) is 0 Å². The molecule has 0 spiro atoms. The van der Waals surface area contributed by atoms with Crippen molar-refractivity contribution in [3.05, 3.63) is 89.5 Å². The van der Waals surface area contributed by atoms with Gasteiger partial charge in [0, 0.05) is 0 Å². The summed E-state index contributed by atoms with van der Waals surface area (Å²) in [7, 11) is -4.06. The molecule has 0 unspecified atom stereocenters. The number of hydrogen-bond donors (Lipinski definition) is 0. The zero-order valence-corrected chi connectivity index (χ0v) is 35.5. The average molecular weight is 747 g/mol. The molecule has 0 bridgehead atoms. The van der Waals surface area contributed by atoms with Gasteiger partial charge in [0.2, 0.25) is 0 Å². The number of aryl methyl sites for hydroxylation is 3. The summed E-state index contributed by atoms with van der Waals surface area (Å²) in [4.78, 5) is 0. The maximum atomic E-state index is 14.3. The van der Waals surface area contributed by atoms with E-state index >= 15 is 0 Å². The molecular weight excluding hydrogens is 671 g/mol. The molecule has 296 valence electrons. The van der Waals surface area contributed by atoms with Crippen LogP contribution in [0.4, 0.5) is 0 Å². The van der Waals surface area contributed by atoms with Crippen molar-refractivity contribution in [3.8, 4) is 17.2 Å². The molecule has 0 heterocycles. The number of unbranched alkanes of at least 4 members (excludes halogenated alkanes) is 12. The van der Waals surface area contributed by atoms with Crippen molar-refractivity contribution in [1.82, 2.24) is 0 Å². The Kier molecular flexibility index (Phi) is 22.1. The average Bonchev–Trinajstić information content (AvgIpc) is 3.12. The Morgan fingerprint density at radius 1 is 0.358 bits per heavy atom. The van der Waals surface area contributed by atoms with Gasteiger partial charge in [-0.05, 0) is 109 Å². The lowest BCUT2D eigenvalue weighted by atomic mass is 10.0. The fourth-order valence-corrected chi connectivity index (χ4v) is 8.08. The summed E-state index contributed by atoms with van der Waals surface area (Å²) in [6, 6.07) is 23.7. The van der Waals surface area contributed by atoms with E-state index in [0.29, 0.717) is 17.2 Å². The van der Waals surface area contributed by atoms with Gasteiger partial charge in [0.1, 0.15) is 17.2 Å². The molecule has 0 saturated heterocycles. The Balaban J connectivity index is 1.57. The molecule has 0 aromatic heterocycles. The molecule has 3 aromatic rings. The second-order valence-corrected chi connectivity index (χ2v) is 18.2. The van der Waals surface area contributed by atoms with Gasteiger partial charge in [0.25, 0.3) is 0 Å². The van der Waals surface area contributed by atoms with Gasteiger partial charge < -0.3 is 13.6 Å². The highest BCUT2D eigenvalue weighted by Gasteiger charge is 2.33. The van der Waals surface area contributed by atoms with E-state index < -0.39 is 7.82 Å². The van der Waals surface area contributed by atoms with E-state index in [2.05, 4.69) is 77.9 Å². The SMILES string of the molecule is CC(C)CCCCCCCc1ccc(OP(=O)(Oc2ccc(CCCCCCCC(C)C)cc2)Oc2ccc(CCCCCCCC(C)C)cc2)cc1. The van der Waals surface area contributed by atoms with Crippen LogP contribution in [0.1, 0.15) is 174 Å². The van der Waals surface area contributed by atoms with Crippen LogP contribution in [-0.4, -0.2) is 0 Å². The van der Waals surface area contributed by atoms with Crippen LogP contribution in [0.15, 0.2) is 72.8 Å². The third-order valence-corrected chi connectivity index (χ3v) is 11.5. The first-order chi connectivity index (χ1) is 25.6. The van der Waals surface area contributed by atoms with Crippen molar-refractivity contribution in [2.75, 3.05) is 0 Å². The standard InChI is InChI=1S/C48H75O4P/c1-40(2)22-16-10-7-13-19-25-43-28-34-46(35-29-43)50-53(49,51-47-36-30-44(31-37-47)26-20-14-8-11-17-23-41(3)4)52-48-38-32-45(33-39-48)27-21-15-9-12-18-24-42(5)6/h28-42H,7-27H2,1-6H3. The minimum atomic E-state index is -4.06. The Morgan fingerprint density at radius 2 is 0.585 bits per heavy atom. The highest BCUT2D eigenvalue weighted by atomic mass is 31.2. The maximum absolute atomic E-state index is 14.3. The Morgan fingerprint density at radius 3 is 0.830 bits per heavy atom. The van der Waals surface area contributed by atoms with Crippen LogP contribution < -0.4 is 13.6 Å². The van der Waals surface area contributed by atoms with Crippen molar-refractivity contribution in [2.24, 2.45) is 17.8 Å². The van der Waals surface area contributed by atoms with E-state index in [1.807, 2.05) is 36.4 Å². The lowest BCUT2D eigenvalue weighted by Gasteiger charge is -2.20. The second-order valence-electron chi connectivity index (χ2n) is 16.8. The van der Waals surface area contributed by atoms with Crippen LogP contribution in [0.2, 0.25) is 0 Å². The van der Waals surface area contributed by atoms with E-state index in [1.54, 1.807) is 0 Å². The summed E-state index contributed by atoms with van der Waals surface area (Å²) >= 11 is 0. The number of phosphoric acid groups is 1. The molecule has 0 radical (unpaired) electrons. The molecule has 0 fully saturated rings. The van der Waals surface area contributed by atoms with Crippen LogP contribution in [0.5, 0.6) is 17.2 Å². The summed E-state index contributed by atoms with van der Waals surface area (Å²) in [6.07, 6.45) is 26.2. The Bertz CT molecular complexity index is 1210. The molecule has 0 saturated carbocycles. The van der Waals surface area contributed by atoms with Crippen LogP contribution >= 0.6 is 7.82 Å². The molecular formula is C48H75O4P. The van der Waals surface area contributed by atoms with Crippen LogP contribution in [0.3, 0.4) is 0 Å². The van der Waals surface area contributed by atoms with E-state index in [9.17, 15) is 4.57 Å². The van der Waals surface area contributed by atoms with Gasteiger partial charge in [-0.15, -0.1) is 0 Å². The quantitative estimate of drug-likeness (QED) is 0.0503. The van der Waals surface area contributed by atoms with Crippen LogP contribution in [0, 0.1) is 17.8 Å². The summed E-state index contributed by atoms with van der Waals surface area (Å²) in [5.74, 6) is 3.81. The van der Waals surface area contributed by atoms with Crippen molar-refractivity contribution < 1.29 is 18.1 Å². The highest BCUT2D eigenvalue weighted by molar-refractivity contribution is 7.49. The lowest BCUT2D eigenvalue weighted by Crippen LogP contribution is -2.08. The molecule has 0 aliphatic carbocycles. The van der Waals surface area contributed by atoms with Crippen molar-refractivity contribution in [3.63, 3.8) is 0 Å². The molecule has 0 aliphatic rings. The van der Waals surface area contributed by atoms with Gasteiger partial charge in [-0.1, -0.05) is 174 Å². The minimum Gasteiger partial charge on any atom is -0.386 e. The van der Waals surface area contributed by atoms with Crippen molar-refractivity contribution in [2.45, 2.75) is 176 Å². The monoisotopic (exact) mass is 747 g/mol. The number of benzene rings is 3. The van der Waals surface area contributed by atoms with E-state index in [4.69, 9.17) is 13.6 Å². The number of rotatable bonds is 30. The largest absolute Gasteiger partial charge is 0.647 e. The van der Waals surface area contributed by atoms with Crippen LogP contribution in [-0.2, 0) is 23.8 Å². The molecule has 0 atom stereocenters. The normalized spacial score (nSPS) is 11.9. The van der Waals surface area contributed by atoms with Gasteiger partial charge in [0.15, 0.2) is 0 Å². The maximum Gasteiger partial charge on any atom is 0.647 e. The number of hydrogen-bond acceptors (Lipinski definition) is 4. The molecule has 53 heavy (non-hydrogen) atoms. The fourth-order valence-electron chi connectivity index (χ4n) is 6.83. The third kappa shape index (κ3) is 21.1. The molecule has 3 aromatic carbocycles. The molecule has 5 heteroatoms. The van der Waals surface area contributed by atoms with E-state index in [0.717, 1.165) is 37.0 Å². The number of phosphoric ester groups is 1. The van der Waals surface area contributed by atoms with Gasteiger partial charge >= 0.3 is 7.82 Å². The summed E-state index contributed by atoms with van der Waals surface area (Å²) < 4.78 is 32.6. The highest BCUT2D eigenvalue weighted by Crippen LogP contribution is 2.50. The zero-order valence-electron chi connectivity index (χ0n) is 34.6. The first kappa shape index (κ1) is 44.7. The predicted molar refractivity (Wildman–Crippen MR) is 228 cm³/mol. The molecule has 4 nitrogen and oxygen atoms in total. The summed E-state index contributed by atoms with van der Waals surface area (Å²) in [5.41, 5.74) is 3.77.